The highest BCUT2D eigenvalue weighted by Crippen LogP contribution is 2.32. The lowest BCUT2D eigenvalue weighted by Crippen LogP contribution is -2.26. The van der Waals surface area contributed by atoms with E-state index in [0.29, 0.717) is 40.8 Å². The summed E-state index contributed by atoms with van der Waals surface area (Å²) in [7, 11) is 2.73. The van der Waals surface area contributed by atoms with Crippen molar-refractivity contribution in [3.63, 3.8) is 0 Å². The largest absolute Gasteiger partial charge is 0.493 e. The SMILES string of the molecule is CCOc1cccc2cc(C(C)NC(=O)c3ccc(OCC(=O)OC)c(OC)c3)oc12. The van der Waals surface area contributed by atoms with Crippen LogP contribution in [0.1, 0.15) is 36.0 Å². The number of benzene rings is 2. The van der Waals surface area contributed by atoms with Crippen molar-refractivity contribution in [2.24, 2.45) is 0 Å². The number of fused-ring (bicyclic) bond motifs is 1. The van der Waals surface area contributed by atoms with E-state index in [-0.39, 0.29) is 18.6 Å². The molecule has 0 aliphatic rings. The maximum atomic E-state index is 12.8. The van der Waals surface area contributed by atoms with Crippen LogP contribution in [0.3, 0.4) is 0 Å². The summed E-state index contributed by atoms with van der Waals surface area (Å²) in [4.78, 5) is 24.0. The molecule has 1 heterocycles. The van der Waals surface area contributed by atoms with E-state index >= 15 is 0 Å². The highest BCUT2D eigenvalue weighted by Gasteiger charge is 2.18. The van der Waals surface area contributed by atoms with E-state index < -0.39 is 5.97 Å². The Labute approximate surface area is 180 Å². The first-order valence-electron chi connectivity index (χ1n) is 9.80. The second-order valence-electron chi connectivity index (χ2n) is 6.68. The Morgan fingerprint density at radius 1 is 1.03 bits per heavy atom. The molecule has 2 aromatic carbocycles. The Morgan fingerprint density at radius 2 is 1.84 bits per heavy atom. The van der Waals surface area contributed by atoms with Gasteiger partial charge in [0.2, 0.25) is 0 Å². The van der Waals surface area contributed by atoms with Crippen LogP contribution in [-0.4, -0.2) is 39.3 Å². The van der Waals surface area contributed by atoms with Crippen LogP contribution in [0.15, 0.2) is 46.9 Å². The predicted octanol–water partition coefficient (Wildman–Crippen LogP) is 3.88. The number of methoxy groups -OCH3 is 2. The van der Waals surface area contributed by atoms with Crippen molar-refractivity contribution in [3.05, 3.63) is 53.8 Å². The van der Waals surface area contributed by atoms with Crippen LogP contribution in [0.25, 0.3) is 11.0 Å². The monoisotopic (exact) mass is 427 g/mol. The lowest BCUT2D eigenvalue weighted by Gasteiger charge is -2.14. The Bertz CT molecular complexity index is 1070. The summed E-state index contributed by atoms with van der Waals surface area (Å²) < 4.78 is 26.8. The zero-order valence-electron chi connectivity index (χ0n) is 17.9. The minimum Gasteiger partial charge on any atom is -0.493 e. The summed E-state index contributed by atoms with van der Waals surface area (Å²) in [6, 6.07) is 11.9. The van der Waals surface area contributed by atoms with Crippen LogP contribution >= 0.6 is 0 Å². The number of esters is 1. The van der Waals surface area contributed by atoms with Gasteiger partial charge in [0.25, 0.3) is 5.91 Å². The van der Waals surface area contributed by atoms with E-state index in [1.807, 2.05) is 38.1 Å². The number of ether oxygens (including phenoxy) is 4. The summed E-state index contributed by atoms with van der Waals surface area (Å²) in [6.45, 7) is 4.01. The molecule has 0 spiro atoms. The van der Waals surface area contributed by atoms with Gasteiger partial charge >= 0.3 is 5.97 Å². The number of rotatable bonds is 9. The Morgan fingerprint density at radius 3 is 2.55 bits per heavy atom. The fourth-order valence-corrected chi connectivity index (χ4v) is 3.01. The summed E-state index contributed by atoms with van der Waals surface area (Å²) in [5, 5.41) is 3.81. The molecule has 3 aromatic rings. The molecule has 1 amide bonds. The molecule has 1 unspecified atom stereocenters. The van der Waals surface area contributed by atoms with E-state index in [2.05, 4.69) is 10.1 Å². The predicted molar refractivity (Wildman–Crippen MR) is 114 cm³/mol. The van der Waals surface area contributed by atoms with Gasteiger partial charge in [-0.1, -0.05) is 12.1 Å². The maximum Gasteiger partial charge on any atom is 0.343 e. The fraction of sp³-hybridized carbons (Fsp3) is 0.304. The van der Waals surface area contributed by atoms with Crippen molar-refractivity contribution in [2.75, 3.05) is 27.4 Å². The molecule has 164 valence electrons. The third-order valence-corrected chi connectivity index (χ3v) is 4.60. The lowest BCUT2D eigenvalue weighted by atomic mass is 10.1. The number of nitrogens with one attached hydrogen (secondary N) is 1. The van der Waals surface area contributed by atoms with Gasteiger partial charge in [-0.3, -0.25) is 4.79 Å². The van der Waals surface area contributed by atoms with E-state index in [1.54, 1.807) is 18.2 Å². The Kier molecular flexibility index (Phi) is 7.02. The molecule has 1 N–H and O–H groups in total. The smallest absolute Gasteiger partial charge is 0.343 e. The van der Waals surface area contributed by atoms with Gasteiger partial charge in [-0.2, -0.15) is 0 Å². The topological polar surface area (TPSA) is 96.2 Å². The van der Waals surface area contributed by atoms with Gasteiger partial charge in [0.05, 0.1) is 26.9 Å². The van der Waals surface area contributed by atoms with Gasteiger partial charge < -0.3 is 28.7 Å². The molecule has 31 heavy (non-hydrogen) atoms. The van der Waals surface area contributed by atoms with Crippen LogP contribution in [0.2, 0.25) is 0 Å². The second-order valence-corrected chi connectivity index (χ2v) is 6.68. The third kappa shape index (κ3) is 5.09. The van der Waals surface area contributed by atoms with Crippen LogP contribution in [0, 0.1) is 0 Å². The van der Waals surface area contributed by atoms with Crippen molar-refractivity contribution in [2.45, 2.75) is 19.9 Å². The Hall–Kier alpha value is -3.68. The maximum absolute atomic E-state index is 12.8. The minimum atomic E-state index is -0.518. The number of amides is 1. The van der Waals surface area contributed by atoms with Crippen molar-refractivity contribution < 1.29 is 33.0 Å². The fourth-order valence-electron chi connectivity index (χ4n) is 3.01. The van der Waals surface area contributed by atoms with E-state index in [0.717, 1.165) is 5.39 Å². The van der Waals surface area contributed by atoms with Crippen LogP contribution < -0.4 is 19.5 Å². The quantitative estimate of drug-likeness (QED) is 0.518. The first-order valence-corrected chi connectivity index (χ1v) is 9.80. The standard InChI is InChI=1S/C23H25NO7/c1-5-29-18-8-6-7-15-11-19(31-22(15)18)14(2)24-23(26)16-9-10-17(20(12-16)27-3)30-13-21(25)28-4/h6-12,14H,5,13H2,1-4H3,(H,24,26). The molecule has 0 saturated carbocycles. The molecule has 0 radical (unpaired) electrons. The van der Waals surface area contributed by atoms with E-state index in [4.69, 9.17) is 18.6 Å². The van der Waals surface area contributed by atoms with Gasteiger partial charge in [0.1, 0.15) is 5.76 Å². The highest BCUT2D eigenvalue weighted by molar-refractivity contribution is 5.95. The third-order valence-electron chi connectivity index (χ3n) is 4.60. The van der Waals surface area contributed by atoms with E-state index in [9.17, 15) is 9.59 Å². The molecule has 1 atom stereocenters. The summed E-state index contributed by atoms with van der Waals surface area (Å²) in [5.74, 6) is 1.11. The summed E-state index contributed by atoms with van der Waals surface area (Å²) in [5.41, 5.74) is 1.02. The molecular formula is C23H25NO7. The number of carbonyl (C=O) groups is 2. The normalized spacial score (nSPS) is 11.6. The summed E-state index contributed by atoms with van der Waals surface area (Å²) >= 11 is 0. The molecule has 0 aliphatic heterocycles. The molecule has 0 aliphatic carbocycles. The van der Waals surface area contributed by atoms with Crippen molar-refractivity contribution in [3.8, 4) is 17.2 Å². The summed E-state index contributed by atoms with van der Waals surface area (Å²) in [6.07, 6.45) is 0. The number of para-hydroxylation sites is 1. The van der Waals surface area contributed by atoms with Gasteiger partial charge in [-0.15, -0.1) is 0 Å². The average molecular weight is 427 g/mol. The second kappa shape index (κ2) is 9.88. The first kappa shape index (κ1) is 22.0. The first-order chi connectivity index (χ1) is 15.0. The van der Waals surface area contributed by atoms with Gasteiger partial charge in [-0.25, -0.2) is 4.79 Å². The van der Waals surface area contributed by atoms with Crippen LogP contribution in [-0.2, 0) is 9.53 Å². The van der Waals surface area contributed by atoms with Gasteiger partial charge in [0.15, 0.2) is 29.4 Å². The zero-order chi connectivity index (χ0) is 22.4. The molecule has 1 aromatic heterocycles. The van der Waals surface area contributed by atoms with Crippen LogP contribution in [0.5, 0.6) is 17.2 Å². The number of hydrogen-bond acceptors (Lipinski definition) is 7. The number of hydrogen-bond donors (Lipinski definition) is 1. The van der Waals surface area contributed by atoms with Crippen molar-refractivity contribution in [1.82, 2.24) is 5.32 Å². The molecule has 8 nitrogen and oxygen atoms in total. The number of furan rings is 1. The van der Waals surface area contributed by atoms with E-state index in [1.165, 1.54) is 14.2 Å². The lowest BCUT2D eigenvalue weighted by molar-refractivity contribution is -0.142. The molecule has 3 rings (SSSR count). The molecule has 0 saturated heterocycles. The molecule has 8 heteroatoms. The van der Waals surface area contributed by atoms with Gasteiger partial charge in [0, 0.05) is 10.9 Å². The molecule has 0 fully saturated rings. The number of carbonyl (C=O) groups excluding carboxylic acids is 2. The molecule has 0 bridgehead atoms. The molecular weight excluding hydrogens is 402 g/mol. The zero-order valence-corrected chi connectivity index (χ0v) is 17.9. The minimum absolute atomic E-state index is 0.259. The van der Waals surface area contributed by atoms with Gasteiger partial charge in [-0.05, 0) is 44.2 Å². The van der Waals surface area contributed by atoms with Crippen molar-refractivity contribution in [1.29, 1.82) is 0 Å². The highest BCUT2D eigenvalue weighted by atomic mass is 16.6. The average Bonchev–Trinajstić information content (AvgIpc) is 3.23. The van der Waals surface area contributed by atoms with Crippen molar-refractivity contribution >= 4 is 22.8 Å². The van der Waals surface area contributed by atoms with Crippen LogP contribution in [0.4, 0.5) is 0 Å². The Balaban J connectivity index is 1.74.